The molecule has 0 saturated carbocycles. The highest BCUT2D eigenvalue weighted by Gasteiger charge is 2.25. The highest BCUT2D eigenvalue weighted by Crippen LogP contribution is 2.28. The molecule has 0 bridgehead atoms. The van der Waals surface area contributed by atoms with Crippen LogP contribution in [0.5, 0.6) is 0 Å². The number of hydrogen-bond acceptors (Lipinski definition) is 7. The third-order valence-corrected chi connectivity index (χ3v) is 5.28. The monoisotopic (exact) mass is 458 g/mol. The van der Waals surface area contributed by atoms with Gasteiger partial charge >= 0.3 is 0 Å². The molecule has 1 amide bonds. The molecule has 1 aromatic carbocycles. The number of anilines is 1. The number of rotatable bonds is 5. The van der Waals surface area contributed by atoms with E-state index in [-0.39, 0.29) is 38.3 Å². The highest BCUT2D eigenvalue weighted by molar-refractivity contribution is 6.39. The molecule has 0 aliphatic rings. The average Bonchev–Trinajstić information content (AvgIpc) is 3.28. The van der Waals surface area contributed by atoms with Gasteiger partial charge in [0.05, 0.1) is 38.9 Å². The maximum absolute atomic E-state index is 13.4. The van der Waals surface area contributed by atoms with Gasteiger partial charge < -0.3 is 11.1 Å². The van der Waals surface area contributed by atoms with Crippen molar-refractivity contribution in [3.05, 3.63) is 68.8 Å². The molecule has 3 aromatic heterocycles. The van der Waals surface area contributed by atoms with Gasteiger partial charge in [0.2, 0.25) is 0 Å². The quantitative estimate of drug-likeness (QED) is 0.416. The summed E-state index contributed by atoms with van der Waals surface area (Å²) in [5, 5.41) is 10.0. The van der Waals surface area contributed by atoms with Gasteiger partial charge in [0.1, 0.15) is 5.82 Å². The van der Waals surface area contributed by atoms with E-state index in [4.69, 9.17) is 28.9 Å². The molecule has 4 rings (SSSR count). The van der Waals surface area contributed by atoms with Crippen molar-refractivity contribution in [1.82, 2.24) is 35.0 Å². The lowest BCUT2D eigenvalue weighted by molar-refractivity contribution is 0.0929. The lowest BCUT2D eigenvalue weighted by Crippen LogP contribution is -2.35. The zero-order chi connectivity index (χ0) is 22.1. The minimum atomic E-state index is -0.684. The number of H-pyrrole nitrogens is 1. The van der Waals surface area contributed by atoms with Gasteiger partial charge in [-0.05, 0) is 18.6 Å². The summed E-state index contributed by atoms with van der Waals surface area (Å²) in [6.45, 7) is 1.83. The van der Waals surface area contributed by atoms with E-state index in [9.17, 15) is 9.59 Å². The Balaban J connectivity index is 1.91. The first-order valence-electron chi connectivity index (χ1n) is 9.19. The third kappa shape index (κ3) is 3.71. The first kappa shape index (κ1) is 20.8. The van der Waals surface area contributed by atoms with Crippen molar-refractivity contribution >= 4 is 45.8 Å². The summed E-state index contributed by atoms with van der Waals surface area (Å²) in [7, 11) is 0. The van der Waals surface area contributed by atoms with E-state index in [2.05, 4.69) is 30.5 Å². The Morgan fingerprint density at radius 1 is 1.26 bits per heavy atom. The van der Waals surface area contributed by atoms with Gasteiger partial charge in [-0.15, -0.1) is 0 Å². The molecule has 0 aliphatic carbocycles. The molecule has 0 saturated heterocycles. The van der Waals surface area contributed by atoms with Gasteiger partial charge in [0.25, 0.3) is 11.5 Å². The Bertz CT molecular complexity index is 1340. The molecule has 0 aliphatic heterocycles. The van der Waals surface area contributed by atoms with Crippen LogP contribution in [0.4, 0.5) is 5.82 Å². The predicted molar refractivity (Wildman–Crippen MR) is 116 cm³/mol. The van der Waals surface area contributed by atoms with Crippen molar-refractivity contribution in [2.24, 2.45) is 0 Å². The fourth-order valence-electron chi connectivity index (χ4n) is 3.18. The van der Waals surface area contributed by atoms with Crippen LogP contribution in [0.25, 0.3) is 16.6 Å². The SMILES string of the molecule is CC[C@H](NC(=O)c1nccnc1N)c1nc2c(Cl)ccc(Cl)c2c(=O)n1-c1cn[nH]c1. The van der Waals surface area contributed by atoms with E-state index in [1.54, 1.807) is 6.07 Å². The van der Waals surface area contributed by atoms with Crippen LogP contribution in [0.1, 0.15) is 35.7 Å². The minimum absolute atomic E-state index is 0.0108. The number of aromatic nitrogens is 6. The second-order valence-electron chi connectivity index (χ2n) is 6.54. The Kier molecular flexibility index (Phi) is 5.57. The van der Waals surface area contributed by atoms with Crippen molar-refractivity contribution < 1.29 is 4.79 Å². The Morgan fingerprint density at radius 3 is 2.68 bits per heavy atom. The molecule has 0 spiro atoms. The second-order valence-corrected chi connectivity index (χ2v) is 7.36. The number of nitrogens with zero attached hydrogens (tertiary/aromatic N) is 5. The number of nitrogens with two attached hydrogens (primary N) is 1. The van der Waals surface area contributed by atoms with Gasteiger partial charge in [0, 0.05) is 18.6 Å². The molecule has 31 heavy (non-hydrogen) atoms. The summed E-state index contributed by atoms with van der Waals surface area (Å²) < 4.78 is 1.34. The van der Waals surface area contributed by atoms with Crippen molar-refractivity contribution in [1.29, 1.82) is 0 Å². The molecular formula is C19H16Cl2N8O2. The molecule has 4 aromatic rings. The number of aromatic amines is 1. The predicted octanol–water partition coefficient (Wildman–Crippen LogP) is 2.67. The summed E-state index contributed by atoms with van der Waals surface area (Å²) in [5.41, 5.74) is 5.96. The van der Waals surface area contributed by atoms with Crippen molar-refractivity contribution in [2.75, 3.05) is 5.73 Å². The fraction of sp³-hybridized carbons (Fsp3) is 0.158. The minimum Gasteiger partial charge on any atom is -0.382 e. The Labute approximate surface area is 185 Å². The normalized spacial score (nSPS) is 12.1. The highest BCUT2D eigenvalue weighted by atomic mass is 35.5. The number of halogens is 2. The number of fused-ring (bicyclic) bond motifs is 1. The zero-order valence-electron chi connectivity index (χ0n) is 16.1. The lowest BCUT2D eigenvalue weighted by atomic mass is 10.1. The molecule has 158 valence electrons. The average molecular weight is 459 g/mol. The molecule has 0 radical (unpaired) electrons. The van der Waals surface area contributed by atoms with Crippen molar-refractivity contribution in [2.45, 2.75) is 19.4 Å². The van der Waals surface area contributed by atoms with Crippen LogP contribution in [0.3, 0.4) is 0 Å². The smallest absolute Gasteiger partial charge is 0.274 e. The van der Waals surface area contributed by atoms with E-state index in [0.717, 1.165) is 0 Å². The second kappa shape index (κ2) is 8.32. The van der Waals surface area contributed by atoms with Crippen molar-refractivity contribution in [3.63, 3.8) is 0 Å². The van der Waals surface area contributed by atoms with Gasteiger partial charge in [0.15, 0.2) is 11.5 Å². The summed E-state index contributed by atoms with van der Waals surface area (Å²) in [6.07, 6.45) is 6.15. The van der Waals surface area contributed by atoms with Crippen LogP contribution >= 0.6 is 23.2 Å². The molecule has 0 fully saturated rings. The fourth-order valence-corrected chi connectivity index (χ4v) is 3.62. The van der Waals surface area contributed by atoms with E-state index in [1.165, 1.54) is 35.4 Å². The zero-order valence-corrected chi connectivity index (χ0v) is 17.6. The number of benzene rings is 1. The summed E-state index contributed by atoms with van der Waals surface area (Å²) in [4.78, 5) is 38.7. The number of carbonyl (C=O) groups is 1. The number of amides is 1. The van der Waals surface area contributed by atoms with E-state index < -0.39 is 17.5 Å². The van der Waals surface area contributed by atoms with Crippen LogP contribution in [0.2, 0.25) is 10.0 Å². The molecule has 12 heteroatoms. The summed E-state index contributed by atoms with van der Waals surface area (Å²) in [5.74, 6) is -0.313. The van der Waals surface area contributed by atoms with E-state index in [0.29, 0.717) is 12.1 Å². The Morgan fingerprint density at radius 2 is 2.00 bits per heavy atom. The number of nitrogen functional groups attached to an aromatic ring is 1. The van der Waals surface area contributed by atoms with Gasteiger partial charge in [-0.25, -0.2) is 15.0 Å². The third-order valence-electron chi connectivity index (χ3n) is 4.66. The van der Waals surface area contributed by atoms with Crippen LogP contribution < -0.4 is 16.6 Å². The number of hydrogen-bond donors (Lipinski definition) is 3. The maximum atomic E-state index is 13.4. The van der Waals surface area contributed by atoms with Gasteiger partial charge in [-0.1, -0.05) is 30.1 Å². The molecular weight excluding hydrogens is 443 g/mol. The van der Waals surface area contributed by atoms with Crippen LogP contribution in [0.15, 0.2) is 41.7 Å². The number of carbonyl (C=O) groups excluding carboxylic acids is 1. The molecule has 10 nitrogen and oxygen atoms in total. The first-order chi connectivity index (χ1) is 14.9. The lowest BCUT2D eigenvalue weighted by Gasteiger charge is -2.21. The van der Waals surface area contributed by atoms with Gasteiger partial charge in [-0.3, -0.25) is 19.3 Å². The molecule has 3 heterocycles. The largest absolute Gasteiger partial charge is 0.382 e. The first-order valence-corrected chi connectivity index (χ1v) is 9.95. The van der Waals surface area contributed by atoms with Gasteiger partial charge in [-0.2, -0.15) is 5.10 Å². The number of nitrogens with one attached hydrogen (secondary N) is 2. The van der Waals surface area contributed by atoms with Crippen LogP contribution in [-0.2, 0) is 0 Å². The van der Waals surface area contributed by atoms with Crippen LogP contribution in [-0.4, -0.2) is 35.6 Å². The van der Waals surface area contributed by atoms with Crippen molar-refractivity contribution in [3.8, 4) is 5.69 Å². The van der Waals surface area contributed by atoms with E-state index >= 15 is 0 Å². The maximum Gasteiger partial charge on any atom is 0.274 e. The molecule has 1 atom stereocenters. The summed E-state index contributed by atoms with van der Waals surface area (Å²) in [6, 6.07) is 2.41. The standard InChI is InChI=1S/C19H16Cl2N8O2/c1-2-12(27-18(30)15-16(22)24-6-5-23-15)17-28-14-11(21)4-3-10(20)13(14)19(31)29(17)9-7-25-26-8-9/h3-8,12H,2H2,1H3,(H2,22,24)(H,25,26)(H,27,30)/t12-/m0/s1. The topological polar surface area (TPSA) is 144 Å². The summed E-state index contributed by atoms with van der Waals surface area (Å²) >= 11 is 12.6. The molecule has 0 unspecified atom stereocenters. The Hall–Kier alpha value is -3.50. The molecule has 4 N–H and O–H groups in total. The van der Waals surface area contributed by atoms with E-state index in [1.807, 2.05) is 6.92 Å². The van der Waals surface area contributed by atoms with Crippen LogP contribution in [0, 0.1) is 0 Å².